The van der Waals surface area contributed by atoms with Gasteiger partial charge in [-0.05, 0) is 24.3 Å². The molecule has 2 aromatic heterocycles. The first-order valence-electron chi connectivity index (χ1n) is 6.85. The molecule has 0 radical (unpaired) electrons. The summed E-state index contributed by atoms with van der Waals surface area (Å²) in [4.78, 5) is 11.9. The van der Waals surface area contributed by atoms with Crippen molar-refractivity contribution in [1.29, 1.82) is 0 Å². The van der Waals surface area contributed by atoms with Crippen LogP contribution in [0.2, 0.25) is 0 Å². The topological polar surface area (TPSA) is 39.8 Å². The third-order valence-corrected chi connectivity index (χ3v) is 4.07. The fourth-order valence-electron chi connectivity index (χ4n) is 3.02. The molecule has 0 N–H and O–H groups in total. The van der Waals surface area contributed by atoms with Gasteiger partial charge < -0.3 is 4.57 Å². The standard InChI is InChI=1S/C15H19N3O/c1-17-10-14(12-8-16-18(2)9-12)13(7-15(17)19)11-5-3-4-6-11/h7-11H,3-6H2,1-2H3. The maximum absolute atomic E-state index is 11.9. The summed E-state index contributed by atoms with van der Waals surface area (Å²) in [6, 6.07) is 1.82. The van der Waals surface area contributed by atoms with Gasteiger partial charge in [0.1, 0.15) is 0 Å². The van der Waals surface area contributed by atoms with Crippen molar-refractivity contribution in [3.63, 3.8) is 0 Å². The van der Waals surface area contributed by atoms with Gasteiger partial charge in [-0.1, -0.05) is 12.8 Å². The van der Waals surface area contributed by atoms with Crippen molar-refractivity contribution in [2.75, 3.05) is 0 Å². The lowest BCUT2D eigenvalue weighted by Gasteiger charge is -2.15. The van der Waals surface area contributed by atoms with Crippen LogP contribution in [0.3, 0.4) is 0 Å². The zero-order valence-corrected chi connectivity index (χ0v) is 11.5. The van der Waals surface area contributed by atoms with Gasteiger partial charge in [0.15, 0.2) is 0 Å². The van der Waals surface area contributed by atoms with Crippen molar-refractivity contribution in [2.45, 2.75) is 31.6 Å². The molecule has 1 aliphatic rings. The number of aromatic nitrogens is 3. The summed E-state index contributed by atoms with van der Waals surface area (Å²) in [7, 11) is 3.72. The van der Waals surface area contributed by atoms with Crippen molar-refractivity contribution in [3.05, 3.63) is 40.6 Å². The quantitative estimate of drug-likeness (QED) is 0.829. The molecule has 3 rings (SSSR count). The molecule has 19 heavy (non-hydrogen) atoms. The summed E-state index contributed by atoms with van der Waals surface area (Å²) >= 11 is 0. The van der Waals surface area contributed by atoms with Gasteiger partial charge >= 0.3 is 0 Å². The van der Waals surface area contributed by atoms with Crippen molar-refractivity contribution < 1.29 is 0 Å². The van der Waals surface area contributed by atoms with E-state index >= 15 is 0 Å². The number of pyridine rings is 1. The number of aryl methyl sites for hydroxylation is 2. The molecule has 4 heteroatoms. The molecule has 4 nitrogen and oxygen atoms in total. The third-order valence-electron chi connectivity index (χ3n) is 4.07. The van der Waals surface area contributed by atoms with E-state index in [4.69, 9.17) is 0 Å². The Bertz CT molecular complexity index is 648. The normalized spacial score (nSPS) is 16.1. The second-order valence-corrected chi connectivity index (χ2v) is 5.48. The maximum Gasteiger partial charge on any atom is 0.250 e. The number of hydrogen-bond donors (Lipinski definition) is 0. The zero-order valence-electron chi connectivity index (χ0n) is 11.5. The second kappa shape index (κ2) is 4.68. The first kappa shape index (κ1) is 12.2. The molecule has 2 aromatic rings. The number of rotatable bonds is 2. The van der Waals surface area contributed by atoms with Gasteiger partial charge in [-0.15, -0.1) is 0 Å². The maximum atomic E-state index is 11.9. The molecule has 0 unspecified atom stereocenters. The minimum absolute atomic E-state index is 0.0783. The highest BCUT2D eigenvalue weighted by atomic mass is 16.1. The number of hydrogen-bond acceptors (Lipinski definition) is 2. The van der Waals surface area contributed by atoms with Crippen molar-refractivity contribution in [3.8, 4) is 11.1 Å². The molecule has 0 bridgehead atoms. The summed E-state index contributed by atoms with van der Waals surface area (Å²) in [6.07, 6.45) is 10.8. The van der Waals surface area contributed by atoms with Crippen LogP contribution in [0.15, 0.2) is 29.5 Å². The average molecular weight is 257 g/mol. The summed E-state index contributed by atoms with van der Waals surface area (Å²) in [5.41, 5.74) is 3.53. The molecule has 0 spiro atoms. The molecule has 1 fully saturated rings. The Morgan fingerprint density at radius 3 is 2.58 bits per heavy atom. The SMILES string of the molecule is Cn1cc(-c2cn(C)c(=O)cc2C2CCCC2)cn1. The first-order valence-corrected chi connectivity index (χ1v) is 6.85. The van der Waals surface area contributed by atoms with E-state index in [1.54, 1.807) is 16.3 Å². The monoisotopic (exact) mass is 257 g/mol. The molecule has 1 saturated carbocycles. The van der Waals surface area contributed by atoms with Crippen LogP contribution >= 0.6 is 0 Å². The number of nitrogens with zero attached hydrogens (tertiary/aromatic N) is 3. The highest BCUT2D eigenvalue weighted by molar-refractivity contribution is 5.65. The molecule has 2 heterocycles. The average Bonchev–Trinajstić information content (AvgIpc) is 3.03. The smallest absolute Gasteiger partial charge is 0.250 e. The Morgan fingerprint density at radius 2 is 1.95 bits per heavy atom. The van der Waals surface area contributed by atoms with E-state index in [2.05, 4.69) is 5.10 Å². The van der Waals surface area contributed by atoms with Crippen molar-refractivity contribution in [1.82, 2.24) is 14.3 Å². The minimum atomic E-state index is 0.0783. The van der Waals surface area contributed by atoms with Crippen LogP contribution in [0.5, 0.6) is 0 Å². The Hall–Kier alpha value is -1.84. The van der Waals surface area contributed by atoms with Crippen LogP contribution in [0.25, 0.3) is 11.1 Å². The molecular weight excluding hydrogens is 238 g/mol. The zero-order chi connectivity index (χ0) is 13.4. The van der Waals surface area contributed by atoms with Crippen LogP contribution in [-0.2, 0) is 14.1 Å². The predicted molar refractivity (Wildman–Crippen MR) is 75.1 cm³/mol. The van der Waals surface area contributed by atoms with E-state index in [0.29, 0.717) is 5.92 Å². The molecule has 1 aliphatic carbocycles. The Labute approximate surface area is 112 Å². The molecule has 100 valence electrons. The highest BCUT2D eigenvalue weighted by Crippen LogP contribution is 2.38. The fourth-order valence-corrected chi connectivity index (χ4v) is 3.02. The van der Waals surface area contributed by atoms with Crippen molar-refractivity contribution >= 4 is 0 Å². The van der Waals surface area contributed by atoms with Gasteiger partial charge in [-0.3, -0.25) is 9.48 Å². The van der Waals surface area contributed by atoms with E-state index < -0.39 is 0 Å². The molecule has 0 aromatic carbocycles. The fraction of sp³-hybridized carbons (Fsp3) is 0.467. The van der Waals surface area contributed by atoms with Gasteiger partial charge in [0.25, 0.3) is 5.56 Å². The van der Waals surface area contributed by atoms with Gasteiger partial charge in [0, 0.05) is 43.7 Å². The van der Waals surface area contributed by atoms with Crippen LogP contribution < -0.4 is 5.56 Å². The van der Waals surface area contributed by atoms with Crippen LogP contribution in [0, 0.1) is 0 Å². The highest BCUT2D eigenvalue weighted by Gasteiger charge is 2.22. The van der Waals surface area contributed by atoms with Gasteiger partial charge in [0.2, 0.25) is 0 Å². The molecule has 0 aliphatic heterocycles. The summed E-state index contributed by atoms with van der Waals surface area (Å²) in [6.45, 7) is 0. The molecule has 0 atom stereocenters. The van der Waals surface area contributed by atoms with Crippen LogP contribution in [0.1, 0.15) is 37.2 Å². The van der Waals surface area contributed by atoms with Gasteiger partial charge in [-0.25, -0.2) is 0 Å². The van der Waals surface area contributed by atoms with E-state index in [0.717, 1.165) is 11.1 Å². The van der Waals surface area contributed by atoms with E-state index in [1.807, 2.05) is 31.7 Å². The van der Waals surface area contributed by atoms with E-state index in [-0.39, 0.29) is 5.56 Å². The second-order valence-electron chi connectivity index (χ2n) is 5.48. The Morgan fingerprint density at radius 1 is 1.21 bits per heavy atom. The minimum Gasteiger partial charge on any atom is -0.318 e. The van der Waals surface area contributed by atoms with Gasteiger partial charge in [-0.2, -0.15) is 5.10 Å². The molecule has 0 saturated heterocycles. The summed E-state index contributed by atoms with van der Waals surface area (Å²) in [5.74, 6) is 0.532. The lowest BCUT2D eigenvalue weighted by atomic mass is 9.92. The predicted octanol–water partition coefficient (Wildman–Crippen LogP) is 2.44. The lowest BCUT2D eigenvalue weighted by molar-refractivity contribution is 0.715. The largest absolute Gasteiger partial charge is 0.318 e. The summed E-state index contributed by atoms with van der Waals surface area (Å²) < 4.78 is 3.46. The van der Waals surface area contributed by atoms with Crippen LogP contribution in [0.4, 0.5) is 0 Å². The molecule has 0 amide bonds. The third kappa shape index (κ3) is 2.23. The van der Waals surface area contributed by atoms with Crippen LogP contribution in [-0.4, -0.2) is 14.3 Å². The Balaban J connectivity index is 2.15. The van der Waals surface area contributed by atoms with E-state index in [1.165, 1.54) is 31.2 Å². The molecular formula is C15H19N3O. The van der Waals surface area contributed by atoms with Crippen molar-refractivity contribution in [2.24, 2.45) is 14.1 Å². The first-order chi connectivity index (χ1) is 9.15. The Kier molecular flexibility index (Phi) is 3.01. The summed E-state index contributed by atoms with van der Waals surface area (Å²) in [5, 5.41) is 4.24. The van der Waals surface area contributed by atoms with E-state index in [9.17, 15) is 4.79 Å². The lowest BCUT2D eigenvalue weighted by Crippen LogP contribution is -2.17. The van der Waals surface area contributed by atoms with Gasteiger partial charge in [0.05, 0.1) is 6.20 Å².